The standard InChI is InChI=1S/C23H16F4N4O4S2/c24-18-12-14(28)3-10-19(18)35-17-8-1-13(2-9-17)11-20-21(32)30-22(36-20)29-15-4-6-16(7-5-15)31-37(33,34)23(25,26)27/h1-12,31H,28H2,(H,29,30,32)/b20-11+. The molecule has 37 heavy (non-hydrogen) atoms. The van der Waals surface area contributed by atoms with Gasteiger partial charge in [0.1, 0.15) is 5.75 Å². The number of thioether (sulfide) groups is 1. The number of nitrogens with one attached hydrogen (secondary N) is 2. The van der Waals surface area contributed by atoms with Gasteiger partial charge in [-0.2, -0.15) is 21.6 Å². The summed E-state index contributed by atoms with van der Waals surface area (Å²) in [5.41, 5.74) is 0.984. The summed E-state index contributed by atoms with van der Waals surface area (Å²) in [4.78, 5) is 16.8. The van der Waals surface area contributed by atoms with Crippen molar-refractivity contribution in [3.8, 4) is 11.5 Å². The van der Waals surface area contributed by atoms with Crippen LogP contribution < -0.4 is 20.5 Å². The van der Waals surface area contributed by atoms with Gasteiger partial charge in [-0.3, -0.25) is 9.52 Å². The summed E-state index contributed by atoms with van der Waals surface area (Å²) in [6.45, 7) is 0. The third-order valence-corrected chi connectivity index (χ3v) is 6.69. The van der Waals surface area contributed by atoms with Gasteiger partial charge in [0.05, 0.1) is 10.6 Å². The molecule has 8 nitrogen and oxygen atoms in total. The number of sulfonamides is 1. The van der Waals surface area contributed by atoms with Crippen LogP contribution in [0.3, 0.4) is 0 Å². The van der Waals surface area contributed by atoms with Gasteiger partial charge in [-0.15, -0.1) is 0 Å². The Morgan fingerprint density at radius 1 is 1.03 bits per heavy atom. The second kappa shape index (κ2) is 10.1. The molecule has 1 aliphatic heterocycles. The number of hydrogen-bond acceptors (Lipinski definition) is 7. The van der Waals surface area contributed by atoms with Gasteiger partial charge in [-0.05, 0) is 71.9 Å². The molecule has 0 atom stereocenters. The highest BCUT2D eigenvalue weighted by atomic mass is 32.2. The van der Waals surface area contributed by atoms with E-state index in [1.807, 2.05) is 0 Å². The predicted molar refractivity (Wildman–Crippen MR) is 133 cm³/mol. The smallest absolute Gasteiger partial charge is 0.454 e. The average molecular weight is 553 g/mol. The first-order valence-corrected chi connectivity index (χ1v) is 12.5. The van der Waals surface area contributed by atoms with E-state index in [0.29, 0.717) is 16.2 Å². The zero-order chi connectivity index (χ0) is 26.8. The minimum Gasteiger partial charge on any atom is -0.454 e. The van der Waals surface area contributed by atoms with Crippen molar-refractivity contribution >= 4 is 56.0 Å². The van der Waals surface area contributed by atoms with Gasteiger partial charge in [0.2, 0.25) is 0 Å². The maximum Gasteiger partial charge on any atom is 0.516 e. The van der Waals surface area contributed by atoms with Crippen LogP contribution in [-0.2, 0) is 14.8 Å². The summed E-state index contributed by atoms with van der Waals surface area (Å²) in [5, 5.41) is 2.79. The summed E-state index contributed by atoms with van der Waals surface area (Å²) in [5.74, 6) is -0.632. The van der Waals surface area contributed by atoms with E-state index >= 15 is 0 Å². The SMILES string of the molecule is Nc1ccc(Oc2ccc(/C=C3/SC(=Nc4ccc(NS(=O)(=O)C(F)(F)F)cc4)NC3=O)cc2)c(F)c1. The van der Waals surface area contributed by atoms with Crippen molar-refractivity contribution in [3.05, 3.63) is 83.0 Å². The van der Waals surface area contributed by atoms with Crippen molar-refractivity contribution in [1.29, 1.82) is 0 Å². The number of anilines is 2. The molecule has 3 aromatic carbocycles. The molecule has 0 unspecified atom stereocenters. The Labute approximate surface area is 212 Å². The number of ether oxygens (including phenoxy) is 1. The fourth-order valence-electron chi connectivity index (χ4n) is 2.93. The molecule has 1 aliphatic rings. The lowest BCUT2D eigenvalue weighted by molar-refractivity contribution is -0.115. The van der Waals surface area contributed by atoms with Crippen LogP contribution >= 0.6 is 11.8 Å². The summed E-state index contributed by atoms with van der Waals surface area (Å²) < 4.78 is 80.7. The molecule has 4 N–H and O–H groups in total. The first-order chi connectivity index (χ1) is 17.4. The molecule has 0 spiro atoms. The monoisotopic (exact) mass is 552 g/mol. The molecule has 1 fully saturated rings. The Morgan fingerprint density at radius 3 is 2.32 bits per heavy atom. The lowest BCUT2D eigenvalue weighted by atomic mass is 10.2. The summed E-state index contributed by atoms with van der Waals surface area (Å²) in [6.07, 6.45) is 1.60. The Morgan fingerprint density at radius 2 is 1.70 bits per heavy atom. The van der Waals surface area contributed by atoms with Crippen LogP contribution in [0.1, 0.15) is 5.56 Å². The molecule has 0 saturated carbocycles. The number of aliphatic imine (C=N–C) groups is 1. The minimum atomic E-state index is -5.54. The molecule has 14 heteroatoms. The van der Waals surface area contributed by atoms with Crippen molar-refractivity contribution in [1.82, 2.24) is 5.32 Å². The number of nitrogen functional groups attached to an aromatic ring is 1. The van der Waals surface area contributed by atoms with Gasteiger partial charge in [-0.1, -0.05) is 12.1 Å². The normalized spacial score (nSPS) is 16.2. The third-order valence-electron chi connectivity index (χ3n) is 4.67. The lowest BCUT2D eigenvalue weighted by Gasteiger charge is -2.10. The molecule has 4 rings (SSSR count). The highest BCUT2D eigenvalue weighted by Gasteiger charge is 2.46. The molecular formula is C23H16F4N4O4S2. The molecule has 3 aromatic rings. The van der Waals surface area contributed by atoms with E-state index in [0.717, 1.165) is 30.0 Å². The minimum absolute atomic E-state index is 0.0117. The van der Waals surface area contributed by atoms with Gasteiger partial charge in [0, 0.05) is 17.4 Å². The number of rotatable bonds is 6. The molecule has 0 radical (unpaired) electrons. The molecule has 0 aromatic heterocycles. The van der Waals surface area contributed by atoms with Gasteiger partial charge in [0.15, 0.2) is 16.7 Å². The van der Waals surface area contributed by atoms with Crippen LogP contribution in [-0.4, -0.2) is 25.0 Å². The van der Waals surface area contributed by atoms with Crippen LogP contribution in [0.5, 0.6) is 11.5 Å². The van der Waals surface area contributed by atoms with E-state index in [2.05, 4.69) is 10.3 Å². The number of amidine groups is 1. The van der Waals surface area contributed by atoms with E-state index in [9.17, 15) is 30.8 Å². The van der Waals surface area contributed by atoms with E-state index in [-0.39, 0.29) is 28.0 Å². The number of carbonyl (C=O) groups excluding carboxylic acids is 1. The molecule has 0 aliphatic carbocycles. The van der Waals surface area contributed by atoms with Crippen LogP contribution in [0.25, 0.3) is 6.08 Å². The van der Waals surface area contributed by atoms with Crippen LogP contribution in [0, 0.1) is 5.82 Å². The summed E-state index contributed by atoms with van der Waals surface area (Å²) in [7, 11) is -5.54. The van der Waals surface area contributed by atoms with Crippen LogP contribution in [0.4, 0.5) is 34.6 Å². The van der Waals surface area contributed by atoms with Gasteiger partial charge < -0.3 is 15.8 Å². The Balaban J connectivity index is 1.42. The predicted octanol–water partition coefficient (Wildman–Crippen LogP) is 5.35. The van der Waals surface area contributed by atoms with Gasteiger partial charge in [0.25, 0.3) is 5.91 Å². The van der Waals surface area contributed by atoms with E-state index < -0.39 is 27.3 Å². The third kappa shape index (κ3) is 6.40. The molecule has 1 heterocycles. The number of benzene rings is 3. The molecule has 192 valence electrons. The second-order valence-corrected chi connectivity index (χ2v) is 10.1. The van der Waals surface area contributed by atoms with Gasteiger partial charge in [-0.25, -0.2) is 9.38 Å². The van der Waals surface area contributed by atoms with Crippen LogP contribution in [0.2, 0.25) is 0 Å². The maximum absolute atomic E-state index is 13.9. The highest BCUT2D eigenvalue weighted by Crippen LogP contribution is 2.31. The zero-order valence-electron chi connectivity index (χ0n) is 18.4. The number of nitrogens with two attached hydrogens (primary N) is 1. The first-order valence-electron chi connectivity index (χ1n) is 10.2. The van der Waals surface area contributed by atoms with E-state index in [1.165, 1.54) is 29.0 Å². The number of carbonyl (C=O) groups is 1. The largest absolute Gasteiger partial charge is 0.516 e. The maximum atomic E-state index is 13.9. The first kappa shape index (κ1) is 26.0. The average Bonchev–Trinajstić information content (AvgIpc) is 3.15. The molecule has 1 saturated heterocycles. The zero-order valence-corrected chi connectivity index (χ0v) is 20.0. The number of amides is 1. The fraction of sp³-hybridized carbons (Fsp3) is 0.0435. The molecule has 1 amide bonds. The van der Waals surface area contributed by atoms with Crippen molar-refractivity contribution < 1.29 is 35.5 Å². The van der Waals surface area contributed by atoms with Crippen molar-refractivity contribution in [2.75, 3.05) is 10.5 Å². The Kier molecular flexibility index (Phi) is 7.14. The van der Waals surface area contributed by atoms with Crippen molar-refractivity contribution in [2.24, 2.45) is 4.99 Å². The number of alkyl halides is 3. The summed E-state index contributed by atoms with van der Waals surface area (Å²) in [6, 6.07) is 15.4. The highest BCUT2D eigenvalue weighted by molar-refractivity contribution is 8.18. The number of hydrogen-bond donors (Lipinski definition) is 3. The Hall–Kier alpha value is -4.04. The number of nitrogens with zero attached hydrogens (tertiary/aromatic N) is 1. The second-order valence-electron chi connectivity index (χ2n) is 7.44. The van der Waals surface area contributed by atoms with Gasteiger partial charge >= 0.3 is 15.5 Å². The fourth-order valence-corrected chi connectivity index (χ4v) is 4.33. The number of halogens is 4. The van der Waals surface area contributed by atoms with E-state index in [4.69, 9.17) is 10.5 Å². The molecular weight excluding hydrogens is 536 g/mol. The van der Waals surface area contributed by atoms with Crippen molar-refractivity contribution in [3.63, 3.8) is 0 Å². The molecule has 0 bridgehead atoms. The van der Waals surface area contributed by atoms with Crippen LogP contribution in [0.15, 0.2) is 76.6 Å². The summed E-state index contributed by atoms with van der Waals surface area (Å²) >= 11 is 1.03. The quantitative estimate of drug-likeness (QED) is 0.215. The Bertz CT molecular complexity index is 1510. The lowest BCUT2D eigenvalue weighted by Crippen LogP contribution is -2.29. The van der Waals surface area contributed by atoms with E-state index in [1.54, 1.807) is 30.3 Å². The van der Waals surface area contributed by atoms with Crippen molar-refractivity contribution in [2.45, 2.75) is 5.51 Å². The topological polar surface area (TPSA) is 123 Å².